The Morgan fingerprint density at radius 1 is 1.19 bits per heavy atom. The summed E-state index contributed by atoms with van der Waals surface area (Å²) in [5.41, 5.74) is 0.953. The van der Waals surface area contributed by atoms with Crippen LogP contribution >= 0.6 is 0 Å². The molecule has 4 nitrogen and oxygen atoms in total. The lowest BCUT2D eigenvalue weighted by Gasteiger charge is -2.13. The van der Waals surface area contributed by atoms with Crippen LogP contribution in [0.15, 0.2) is 24.3 Å². The minimum Gasteiger partial charge on any atom is -0.490 e. The molecule has 0 heterocycles. The van der Waals surface area contributed by atoms with Gasteiger partial charge in [-0.3, -0.25) is 0 Å². The molecule has 0 amide bonds. The molecule has 1 aromatic carbocycles. The Balaban J connectivity index is 1.81. The first-order valence-electron chi connectivity index (χ1n) is 7.82. The van der Waals surface area contributed by atoms with E-state index in [9.17, 15) is 8.42 Å². The summed E-state index contributed by atoms with van der Waals surface area (Å²) in [6, 6.07) is 7.70. The van der Waals surface area contributed by atoms with Gasteiger partial charge in [0.1, 0.15) is 5.75 Å². The Kier molecular flexibility index (Phi) is 6.06. The summed E-state index contributed by atoms with van der Waals surface area (Å²) in [5, 5.41) is 0. The highest BCUT2D eigenvalue weighted by atomic mass is 32.2. The number of hydrogen-bond donors (Lipinski definition) is 1. The van der Waals surface area contributed by atoms with Gasteiger partial charge in [-0.2, -0.15) is 0 Å². The lowest BCUT2D eigenvalue weighted by molar-refractivity contribution is 0.210. The molecule has 0 unspecified atom stereocenters. The van der Waals surface area contributed by atoms with E-state index in [1.54, 1.807) is 0 Å². The minimum atomic E-state index is -3.15. The monoisotopic (exact) mass is 311 g/mol. The molecule has 0 spiro atoms. The molecule has 1 N–H and O–H groups in total. The van der Waals surface area contributed by atoms with E-state index in [0.29, 0.717) is 19.1 Å². The van der Waals surface area contributed by atoms with Gasteiger partial charge in [0, 0.05) is 6.54 Å². The zero-order valence-corrected chi connectivity index (χ0v) is 13.5. The molecule has 0 aromatic heterocycles. The van der Waals surface area contributed by atoms with Gasteiger partial charge in [0.2, 0.25) is 10.0 Å². The van der Waals surface area contributed by atoms with Gasteiger partial charge in [0.25, 0.3) is 0 Å². The highest BCUT2D eigenvalue weighted by molar-refractivity contribution is 7.89. The van der Waals surface area contributed by atoms with E-state index in [4.69, 9.17) is 4.74 Å². The summed E-state index contributed by atoms with van der Waals surface area (Å²) in [7, 11) is -3.15. The van der Waals surface area contributed by atoms with Crippen molar-refractivity contribution in [1.29, 1.82) is 0 Å². The van der Waals surface area contributed by atoms with Crippen LogP contribution in [0.1, 0.15) is 51.0 Å². The van der Waals surface area contributed by atoms with Crippen molar-refractivity contribution in [3.63, 3.8) is 0 Å². The molecule has 0 atom stereocenters. The quantitative estimate of drug-likeness (QED) is 0.802. The number of sulfonamides is 1. The fraction of sp³-hybridized carbons (Fsp3) is 0.625. The highest BCUT2D eigenvalue weighted by Gasteiger charge is 2.16. The van der Waals surface area contributed by atoms with Gasteiger partial charge in [0.15, 0.2) is 0 Å². The molecular weight excluding hydrogens is 286 g/mol. The van der Waals surface area contributed by atoms with Crippen molar-refractivity contribution >= 4 is 10.0 Å². The largest absolute Gasteiger partial charge is 0.490 e. The molecule has 0 bridgehead atoms. The molecule has 2 rings (SSSR count). The fourth-order valence-corrected chi connectivity index (χ4v) is 3.68. The molecule has 0 saturated heterocycles. The third-order valence-electron chi connectivity index (χ3n) is 3.79. The van der Waals surface area contributed by atoms with E-state index in [2.05, 4.69) is 4.72 Å². The van der Waals surface area contributed by atoms with Crippen molar-refractivity contribution in [3.8, 4) is 5.75 Å². The molecule has 5 heteroatoms. The van der Waals surface area contributed by atoms with Crippen molar-refractivity contribution < 1.29 is 13.2 Å². The molecular formula is C16H25NO3S. The van der Waals surface area contributed by atoms with Crippen molar-refractivity contribution in [2.45, 2.75) is 58.1 Å². The van der Waals surface area contributed by atoms with E-state index in [1.807, 2.05) is 31.2 Å². The first-order chi connectivity index (χ1) is 10.1. The standard InChI is InChI=1S/C16H25NO3S/c1-2-3-12-21(18,19)17-13-14-8-10-16(11-9-14)20-15-6-4-5-7-15/h8-11,15,17H,2-7,12-13H2,1H3. The second-order valence-corrected chi connectivity index (χ2v) is 7.59. The van der Waals surface area contributed by atoms with Gasteiger partial charge in [-0.15, -0.1) is 0 Å². The van der Waals surface area contributed by atoms with Crippen molar-refractivity contribution in [2.24, 2.45) is 0 Å². The first kappa shape index (κ1) is 16.3. The Morgan fingerprint density at radius 2 is 1.86 bits per heavy atom. The molecule has 1 aliphatic rings. The molecule has 0 aliphatic heterocycles. The molecule has 1 aliphatic carbocycles. The Bertz CT molecular complexity index is 519. The van der Waals surface area contributed by atoms with Crippen LogP contribution in [0.2, 0.25) is 0 Å². The SMILES string of the molecule is CCCCS(=O)(=O)NCc1ccc(OC2CCCC2)cc1. The third kappa shape index (κ3) is 5.67. The number of nitrogens with one attached hydrogen (secondary N) is 1. The average Bonchev–Trinajstić information content (AvgIpc) is 2.98. The lowest BCUT2D eigenvalue weighted by Crippen LogP contribution is -2.25. The molecule has 1 saturated carbocycles. The van der Waals surface area contributed by atoms with Gasteiger partial charge in [-0.1, -0.05) is 25.5 Å². The average molecular weight is 311 g/mol. The predicted octanol–water partition coefficient (Wildman–Crippen LogP) is 3.23. The van der Waals surface area contributed by atoms with Crippen LogP contribution in [0, 0.1) is 0 Å². The van der Waals surface area contributed by atoms with Crippen LogP contribution in [0.4, 0.5) is 0 Å². The molecule has 0 radical (unpaired) electrons. The Morgan fingerprint density at radius 3 is 2.48 bits per heavy atom. The molecule has 21 heavy (non-hydrogen) atoms. The maximum atomic E-state index is 11.7. The van der Waals surface area contributed by atoms with Crippen molar-refractivity contribution in [2.75, 3.05) is 5.75 Å². The van der Waals surface area contributed by atoms with E-state index < -0.39 is 10.0 Å². The van der Waals surface area contributed by atoms with Gasteiger partial charge in [0.05, 0.1) is 11.9 Å². The fourth-order valence-electron chi connectivity index (χ4n) is 2.48. The van der Waals surface area contributed by atoms with E-state index >= 15 is 0 Å². The number of benzene rings is 1. The molecule has 118 valence electrons. The summed E-state index contributed by atoms with van der Waals surface area (Å²) in [4.78, 5) is 0. The molecule has 1 fully saturated rings. The van der Waals surface area contributed by atoms with Gasteiger partial charge < -0.3 is 4.74 Å². The maximum absolute atomic E-state index is 11.7. The van der Waals surface area contributed by atoms with Gasteiger partial charge in [-0.05, 0) is 49.8 Å². The van der Waals surface area contributed by atoms with Crippen LogP contribution in [0.25, 0.3) is 0 Å². The van der Waals surface area contributed by atoms with Crippen LogP contribution in [-0.2, 0) is 16.6 Å². The lowest BCUT2D eigenvalue weighted by atomic mass is 10.2. The zero-order chi connectivity index (χ0) is 15.1. The smallest absolute Gasteiger partial charge is 0.211 e. The summed E-state index contributed by atoms with van der Waals surface area (Å²) in [6.45, 7) is 2.33. The summed E-state index contributed by atoms with van der Waals surface area (Å²) >= 11 is 0. The topological polar surface area (TPSA) is 55.4 Å². The van der Waals surface area contributed by atoms with E-state index in [-0.39, 0.29) is 5.75 Å². The number of ether oxygens (including phenoxy) is 1. The van der Waals surface area contributed by atoms with Gasteiger partial charge >= 0.3 is 0 Å². The number of hydrogen-bond acceptors (Lipinski definition) is 3. The van der Waals surface area contributed by atoms with Crippen LogP contribution in [0.3, 0.4) is 0 Å². The second kappa shape index (κ2) is 7.80. The summed E-state index contributed by atoms with van der Waals surface area (Å²) in [5.74, 6) is 1.08. The Labute approximate surface area is 127 Å². The Hall–Kier alpha value is -1.07. The zero-order valence-electron chi connectivity index (χ0n) is 12.7. The normalized spacial score (nSPS) is 16.2. The van der Waals surface area contributed by atoms with Gasteiger partial charge in [-0.25, -0.2) is 13.1 Å². The summed E-state index contributed by atoms with van der Waals surface area (Å²) < 4.78 is 32.0. The maximum Gasteiger partial charge on any atom is 0.211 e. The highest BCUT2D eigenvalue weighted by Crippen LogP contribution is 2.24. The van der Waals surface area contributed by atoms with Crippen LogP contribution in [-0.4, -0.2) is 20.3 Å². The van der Waals surface area contributed by atoms with Crippen LogP contribution in [0.5, 0.6) is 5.75 Å². The number of unbranched alkanes of at least 4 members (excludes halogenated alkanes) is 1. The predicted molar refractivity (Wildman–Crippen MR) is 84.9 cm³/mol. The third-order valence-corrected chi connectivity index (χ3v) is 5.20. The first-order valence-corrected chi connectivity index (χ1v) is 9.47. The van der Waals surface area contributed by atoms with Crippen LogP contribution < -0.4 is 9.46 Å². The number of rotatable bonds is 8. The van der Waals surface area contributed by atoms with Crippen molar-refractivity contribution in [3.05, 3.63) is 29.8 Å². The van der Waals surface area contributed by atoms with E-state index in [0.717, 1.165) is 30.6 Å². The minimum absolute atomic E-state index is 0.201. The van der Waals surface area contributed by atoms with Crippen molar-refractivity contribution in [1.82, 2.24) is 4.72 Å². The second-order valence-electron chi connectivity index (χ2n) is 5.66. The van der Waals surface area contributed by atoms with E-state index in [1.165, 1.54) is 12.8 Å². The molecule has 1 aromatic rings. The summed E-state index contributed by atoms with van der Waals surface area (Å²) in [6.07, 6.45) is 6.71.